The van der Waals surface area contributed by atoms with Crippen molar-refractivity contribution in [1.82, 2.24) is 14.8 Å². The Morgan fingerprint density at radius 3 is 2.37 bits per heavy atom. The Morgan fingerprint density at radius 1 is 1.13 bits per heavy atom. The second kappa shape index (κ2) is 9.40. The van der Waals surface area contributed by atoms with E-state index in [1.807, 2.05) is 18.3 Å². The van der Waals surface area contributed by atoms with Gasteiger partial charge in [0.2, 0.25) is 11.5 Å². The second-order valence-electron chi connectivity index (χ2n) is 6.73. The van der Waals surface area contributed by atoms with Crippen LogP contribution in [0, 0.1) is 10.1 Å². The Bertz CT molecular complexity index is 913. The number of benzene rings is 1. The maximum Gasteiger partial charge on any atom is 0.327 e. The molecule has 160 valence electrons. The van der Waals surface area contributed by atoms with E-state index in [4.69, 9.17) is 14.2 Å². The maximum atomic E-state index is 13.2. The predicted molar refractivity (Wildman–Crippen MR) is 108 cm³/mol. The summed E-state index contributed by atoms with van der Waals surface area (Å²) in [5.74, 6) is -0.314. The molecule has 0 saturated carbocycles. The molecule has 0 bridgehead atoms. The molecule has 1 aliphatic rings. The van der Waals surface area contributed by atoms with Crippen molar-refractivity contribution < 1.29 is 23.9 Å². The van der Waals surface area contributed by atoms with Crippen molar-refractivity contribution in [2.45, 2.75) is 6.54 Å². The first-order valence-corrected chi connectivity index (χ1v) is 9.38. The van der Waals surface area contributed by atoms with Crippen molar-refractivity contribution in [3.8, 4) is 17.2 Å². The summed E-state index contributed by atoms with van der Waals surface area (Å²) in [5.41, 5.74) is 0.575. The van der Waals surface area contributed by atoms with Crippen molar-refractivity contribution in [1.29, 1.82) is 0 Å². The number of piperazine rings is 1. The number of nitrogens with zero attached hydrogens (tertiary/aromatic N) is 4. The standard InChI is InChI=1S/C20H24N4O6/c1-28-16-11-15(17(24(26)27)19(30-3)18(16)29-2)20(25)23-9-7-22(8-10-23)13-14-5-4-6-21-12-14/h4-6,11-12H,7-10,13H2,1-3H3. The Hall–Kier alpha value is -3.40. The van der Waals surface area contributed by atoms with Crippen molar-refractivity contribution in [2.75, 3.05) is 47.5 Å². The maximum absolute atomic E-state index is 13.2. The van der Waals surface area contributed by atoms with E-state index < -0.39 is 16.5 Å². The number of pyridine rings is 1. The SMILES string of the molecule is COc1cc(C(=O)N2CCN(Cc3cccnc3)CC2)c([N+](=O)[O-])c(OC)c1OC. The third-order valence-electron chi connectivity index (χ3n) is 5.01. The number of hydrogen-bond donors (Lipinski definition) is 0. The van der Waals surface area contributed by atoms with Gasteiger partial charge in [0, 0.05) is 51.2 Å². The van der Waals surface area contributed by atoms with Crippen LogP contribution in [-0.2, 0) is 6.54 Å². The number of methoxy groups -OCH3 is 3. The number of nitro benzene ring substituents is 1. The van der Waals surface area contributed by atoms with Gasteiger partial charge in [0.05, 0.1) is 26.3 Å². The van der Waals surface area contributed by atoms with Crippen LogP contribution in [0.25, 0.3) is 0 Å². The van der Waals surface area contributed by atoms with Crippen LogP contribution in [0.5, 0.6) is 17.2 Å². The largest absolute Gasteiger partial charge is 0.493 e. The molecule has 3 rings (SSSR count). The Labute approximate surface area is 174 Å². The first-order valence-electron chi connectivity index (χ1n) is 9.38. The zero-order valence-electron chi connectivity index (χ0n) is 17.2. The summed E-state index contributed by atoms with van der Waals surface area (Å²) in [6, 6.07) is 5.23. The van der Waals surface area contributed by atoms with Gasteiger partial charge in [-0.15, -0.1) is 0 Å². The fourth-order valence-electron chi connectivity index (χ4n) is 3.51. The molecule has 0 unspecified atom stereocenters. The monoisotopic (exact) mass is 416 g/mol. The Kier molecular flexibility index (Phi) is 6.68. The van der Waals surface area contributed by atoms with E-state index >= 15 is 0 Å². The quantitative estimate of drug-likeness (QED) is 0.498. The molecule has 2 aromatic rings. The molecule has 1 fully saturated rings. The summed E-state index contributed by atoms with van der Waals surface area (Å²) in [5, 5.41) is 11.8. The van der Waals surface area contributed by atoms with Crippen LogP contribution in [0.3, 0.4) is 0 Å². The van der Waals surface area contributed by atoms with E-state index in [1.165, 1.54) is 27.4 Å². The lowest BCUT2D eigenvalue weighted by Gasteiger charge is -2.34. The van der Waals surface area contributed by atoms with Gasteiger partial charge in [0.15, 0.2) is 5.75 Å². The van der Waals surface area contributed by atoms with Gasteiger partial charge >= 0.3 is 5.69 Å². The van der Waals surface area contributed by atoms with Gasteiger partial charge in [0.25, 0.3) is 5.91 Å². The summed E-state index contributed by atoms with van der Waals surface area (Å²) in [7, 11) is 4.04. The third-order valence-corrected chi connectivity index (χ3v) is 5.01. The Morgan fingerprint density at radius 2 is 1.83 bits per heavy atom. The molecule has 0 spiro atoms. The summed E-state index contributed by atoms with van der Waals surface area (Å²) < 4.78 is 15.7. The summed E-state index contributed by atoms with van der Waals surface area (Å²) in [6.07, 6.45) is 3.54. The fourth-order valence-corrected chi connectivity index (χ4v) is 3.51. The molecule has 10 nitrogen and oxygen atoms in total. The molecule has 30 heavy (non-hydrogen) atoms. The molecule has 2 heterocycles. The predicted octanol–water partition coefficient (Wildman–Crippen LogP) is 1.97. The van der Waals surface area contributed by atoms with Gasteiger partial charge in [-0.25, -0.2) is 0 Å². The van der Waals surface area contributed by atoms with Crippen molar-refractivity contribution in [3.63, 3.8) is 0 Å². The lowest BCUT2D eigenvalue weighted by atomic mass is 10.1. The minimum atomic E-state index is -0.632. The van der Waals surface area contributed by atoms with Crippen LogP contribution >= 0.6 is 0 Å². The van der Waals surface area contributed by atoms with Crippen molar-refractivity contribution in [2.24, 2.45) is 0 Å². The lowest BCUT2D eigenvalue weighted by molar-refractivity contribution is -0.386. The molecule has 0 N–H and O–H groups in total. The Balaban J connectivity index is 1.82. The van der Waals surface area contributed by atoms with E-state index in [0.29, 0.717) is 26.2 Å². The van der Waals surface area contributed by atoms with Crippen LogP contribution in [0.4, 0.5) is 5.69 Å². The van der Waals surface area contributed by atoms with E-state index in [0.717, 1.165) is 12.1 Å². The molecule has 1 aliphatic heterocycles. The van der Waals surface area contributed by atoms with E-state index in [-0.39, 0.29) is 22.8 Å². The van der Waals surface area contributed by atoms with Crippen LogP contribution in [0.15, 0.2) is 30.6 Å². The molecule has 1 aromatic carbocycles. The van der Waals surface area contributed by atoms with Crippen LogP contribution in [0.2, 0.25) is 0 Å². The first-order chi connectivity index (χ1) is 14.5. The molecular formula is C20H24N4O6. The first kappa shape index (κ1) is 21.3. The van der Waals surface area contributed by atoms with Crippen molar-refractivity contribution >= 4 is 11.6 Å². The number of nitro groups is 1. The van der Waals surface area contributed by atoms with Gasteiger partial charge in [-0.05, 0) is 11.6 Å². The number of ether oxygens (including phenoxy) is 3. The summed E-state index contributed by atoms with van der Waals surface area (Å²) >= 11 is 0. The normalized spacial score (nSPS) is 14.3. The molecule has 1 amide bonds. The molecular weight excluding hydrogens is 392 g/mol. The molecule has 1 saturated heterocycles. The van der Waals surface area contributed by atoms with E-state index in [1.54, 1.807) is 11.1 Å². The zero-order chi connectivity index (χ0) is 21.7. The number of carbonyl (C=O) groups excluding carboxylic acids is 1. The van der Waals surface area contributed by atoms with E-state index in [2.05, 4.69) is 9.88 Å². The van der Waals surface area contributed by atoms with Gasteiger partial charge in [-0.3, -0.25) is 24.8 Å². The fraction of sp³-hybridized carbons (Fsp3) is 0.400. The van der Waals surface area contributed by atoms with Gasteiger partial charge in [0.1, 0.15) is 5.56 Å². The lowest BCUT2D eigenvalue weighted by Crippen LogP contribution is -2.48. The smallest absolute Gasteiger partial charge is 0.327 e. The number of aromatic nitrogens is 1. The van der Waals surface area contributed by atoms with Gasteiger partial charge in [-0.2, -0.15) is 0 Å². The number of hydrogen-bond acceptors (Lipinski definition) is 8. The minimum absolute atomic E-state index is 0.0736. The minimum Gasteiger partial charge on any atom is -0.493 e. The highest BCUT2D eigenvalue weighted by atomic mass is 16.6. The third kappa shape index (κ3) is 4.28. The van der Waals surface area contributed by atoms with Crippen LogP contribution in [0.1, 0.15) is 15.9 Å². The summed E-state index contributed by atoms with van der Waals surface area (Å²) in [4.78, 5) is 32.2. The van der Waals surface area contributed by atoms with Gasteiger partial charge in [-0.1, -0.05) is 6.07 Å². The highest BCUT2D eigenvalue weighted by Crippen LogP contribution is 2.46. The number of rotatable bonds is 7. The highest BCUT2D eigenvalue weighted by molar-refractivity contribution is 6.00. The average Bonchev–Trinajstić information content (AvgIpc) is 2.78. The van der Waals surface area contributed by atoms with Crippen molar-refractivity contribution in [3.05, 3.63) is 51.8 Å². The zero-order valence-corrected chi connectivity index (χ0v) is 17.2. The molecule has 0 radical (unpaired) electrons. The molecule has 1 aromatic heterocycles. The average molecular weight is 416 g/mol. The van der Waals surface area contributed by atoms with Crippen LogP contribution in [-0.4, -0.2) is 73.1 Å². The highest BCUT2D eigenvalue weighted by Gasteiger charge is 2.35. The molecule has 10 heteroatoms. The van der Waals surface area contributed by atoms with Gasteiger partial charge < -0.3 is 19.1 Å². The number of amides is 1. The van der Waals surface area contributed by atoms with Crippen LogP contribution < -0.4 is 14.2 Å². The molecule has 0 aliphatic carbocycles. The summed E-state index contributed by atoms with van der Waals surface area (Å²) in [6.45, 7) is 2.94. The topological polar surface area (TPSA) is 107 Å². The molecule has 0 atom stereocenters. The second-order valence-corrected chi connectivity index (χ2v) is 6.73. The van der Waals surface area contributed by atoms with E-state index in [9.17, 15) is 14.9 Å². The number of carbonyl (C=O) groups is 1.